The van der Waals surface area contributed by atoms with Gasteiger partial charge in [0.2, 0.25) is 0 Å². The van der Waals surface area contributed by atoms with Crippen LogP contribution < -0.4 is 5.73 Å². The van der Waals surface area contributed by atoms with Crippen LogP contribution in [-0.2, 0) is 6.42 Å². The van der Waals surface area contributed by atoms with Crippen LogP contribution in [0.1, 0.15) is 12.5 Å². The van der Waals surface area contributed by atoms with E-state index >= 15 is 0 Å². The van der Waals surface area contributed by atoms with E-state index in [1.807, 2.05) is 6.07 Å². The normalized spacial score (nSPS) is 11.5. The second kappa shape index (κ2) is 5.40. The molecule has 0 bridgehead atoms. The molecule has 0 amide bonds. The molecule has 0 aliphatic carbocycles. The topological polar surface area (TPSA) is 26.0 Å². The van der Waals surface area contributed by atoms with E-state index < -0.39 is 0 Å². The van der Waals surface area contributed by atoms with E-state index in [1.165, 1.54) is 5.56 Å². The zero-order chi connectivity index (χ0) is 9.52. The van der Waals surface area contributed by atoms with Crippen molar-refractivity contribution in [1.29, 1.82) is 0 Å². The van der Waals surface area contributed by atoms with Gasteiger partial charge in [0, 0.05) is 5.92 Å². The molecule has 0 aliphatic heterocycles. The fourth-order valence-corrected chi connectivity index (χ4v) is 1.25. The van der Waals surface area contributed by atoms with Crippen LogP contribution >= 0.6 is 0 Å². The van der Waals surface area contributed by atoms with Crippen LogP contribution in [0.5, 0.6) is 0 Å². The van der Waals surface area contributed by atoms with Crippen molar-refractivity contribution < 1.29 is 0 Å². The highest BCUT2D eigenvalue weighted by atomic mass is 14.5. The minimum Gasteiger partial charge on any atom is -0.320 e. The largest absolute Gasteiger partial charge is 0.320 e. The zero-order valence-electron chi connectivity index (χ0n) is 7.96. The summed E-state index contributed by atoms with van der Waals surface area (Å²) in [6.45, 7) is 2.58. The van der Waals surface area contributed by atoms with Crippen molar-refractivity contribution in [2.24, 2.45) is 11.7 Å². The van der Waals surface area contributed by atoms with Gasteiger partial charge in [0.1, 0.15) is 0 Å². The van der Waals surface area contributed by atoms with Crippen LogP contribution in [0.3, 0.4) is 0 Å². The molecule has 1 atom stereocenters. The second-order valence-electron chi connectivity index (χ2n) is 3.12. The lowest BCUT2D eigenvalue weighted by atomic mass is 10.0. The predicted molar refractivity (Wildman–Crippen MR) is 56.1 cm³/mol. The molecule has 68 valence electrons. The summed E-state index contributed by atoms with van der Waals surface area (Å²) in [5.41, 5.74) is 6.63. The molecule has 1 nitrogen and oxygen atoms in total. The lowest BCUT2D eigenvalue weighted by Gasteiger charge is -2.02. The van der Waals surface area contributed by atoms with Crippen LogP contribution in [0.2, 0.25) is 0 Å². The molecule has 0 saturated carbocycles. The molecule has 0 unspecified atom stereocenters. The average Bonchev–Trinajstić information content (AvgIpc) is 2.16. The maximum atomic E-state index is 5.30. The van der Waals surface area contributed by atoms with Gasteiger partial charge in [0.25, 0.3) is 0 Å². The third-order valence-electron chi connectivity index (χ3n) is 1.84. The van der Waals surface area contributed by atoms with Crippen LogP contribution in [0.25, 0.3) is 0 Å². The molecular formula is C12H15N. The molecule has 2 N–H and O–H groups in total. The summed E-state index contributed by atoms with van der Waals surface area (Å²) >= 11 is 0. The molecule has 1 heteroatoms. The van der Waals surface area contributed by atoms with Gasteiger partial charge in [0.15, 0.2) is 0 Å². The highest BCUT2D eigenvalue weighted by Gasteiger charge is 1.97. The van der Waals surface area contributed by atoms with E-state index in [-0.39, 0.29) is 0 Å². The summed E-state index contributed by atoms with van der Waals surface area (Å²) in [7, 11) is 0. The Morgan fingerprint density at radius 2 is 2.00 bits per heavy atom. The van der Waals surface area contributed by atoms with E-state index in [1.54, 1.807) is 0 Å². The number of hydrogen-bond donors (Lipinski definition) is 1. The fraction of sp³-hybridized carbons (Fsp3) is 0.333. The van der Waals surface area contributed by atoms with Crippen LogP contribution in [-0.4, -0.2) is 6.54 Å². The van der Waals surface area contributed by atoms with Crippen LogP contribution in [0, 0.1) is 17.8 Å². The van der Waals surface area contributed by atoms with E-state index in [9.17, 15) is 0 Å². The van der Waals surface area contributed by atoms with Gasteiger partial charge >= 0.3 is 0 Å². The van der Waals surface area contributed by atoms with Crippen molar-refractivity contribution >= 4 is 0 Å². The van der Waals surface area contributed by atoms with E-state index in [0.717, 1.165) is 6.42 Å². The minimum atomic E-state index is 0.394. The Balaban J connectivity index is 2.50. The van der Waals surface area contributed by atoms with Gasteiger partial charge in [-0.05, 0) is 12.0 Å². The van der Waals surface area contributed by atoms with Gasteiger partial charge in [-0.1, -0.05) is 49.1 Å². The molecule has 0 saturated heterocycles. The van der Waals surface area contributed by atoms with Crippen molar-refractivity contribution in [2.45, 2.75) is 13.3 Å². The summed E-state index contributed by atoms with van der Waals surface area (Å²) < 4.78 is 0. The number of nitrogens with two attached hydrogens (primary N) is 1. The Hall–Kier alpha value is -1.26. The van der Waals surface area contributed by atoms with Gasteiger partial charge in [-0.2, -0.15) is 0 Å². The van der Waals surface area contributed by atoms with Crippen molar-refractivity contribution in [3.63, 3.8) is 0 Å². The van der Waals surface area contributed by atoms with Crippen LogP contribution in [0.4, 0.5) is 0 Å². The highest BCUT2D eigenvalue weighted by Crippen LogP contribution is 2.06. The Morgan fingerprint density at radius 3 is 2.62 bits per heavy atom. The first-order chi connectivity index (χ1) is 6.33. The van der Waals surface area contributed by atoms with Gasteiger partial charge in [-0.3, -0.25) is 0 Å². The number of rotatable bonds is 2. The molecule has 1 rings (SSSR count). The maximum absolute atomic E-state index is 5.30. The average molecular weight is 173 g/mol. The molecule has 0 aromatic heterocycles. The zero-order valence-corrected chi connectivity index (χ0v) is 7.96. The lowest BCUT2D eigenvalue weighted by Crippen LogP contribution is -1.99. The third-order valence-corrected chi connectivity index (χ3v) is 1.84. The summed E-state index contributed by atoms with van der Waals surface area (Å²) in [6, 6.07) is 10.4. The second-order valence-corrected chi connectivity index (χ2v) is 3.12. The first-order valence-corrected chi connectivity index (χ1v) is 4.55. The summed E-state index contributed by atoms with van der Waals surface area (Å²) in [5.74, 6) is 6.40. The molecule has 0 radical (unpaired) electrons. The van der Waals surface area contributed by atoms with Gasteiger partial charge in [-0.25, -0.2) is 0 Å². The summed E-state index contributed by atoms with van der Waals surface area (Å²) in [4.78, 5) is 0. The van der Waals surface area contributed by atoms with Gasteiger partial charge in [-0.15, -0.1) is 0 Å². The third kappa shape index (κ3) is 3.78. The molecule has 13 heavy (non-hydrogen) atoms. The number of benzene rings is 1. The molecule has 1 aromatic carbocycles. The first kappa shape index (κ1) is 9.83. The van der Waals surface area contributed by atoms with Gasteiger partial charge < -0.3 is 5.73 Å². The standard InChI is InChI=1S/C12H15N/c1-11(6-5-9-13)10-12-7-3-2-4-8-12/h2-4,7-8,11H,9-10,13H2,1H3/t11-/m0/s1. The minimum absolute atomic E-state index is 0.394. The lowest BCUT2D eigenvalue weighted by molar-refractivity contribution is 0.749. The van der Waals surface area contributed by atoms with E-state index in [0.29, 0.717) is 12.5 Å². The Bertz CT molecular complexity index is 292. The van der Waals surface area contributed by atoms with Gasteiger partial charge in [0.05, 0.1) is 6.54 Å². The van der Waals surface area contributed by atoms with Crippen molar-refractivity contribution in [2.75, 3.05) is 6.54 Å². The quantitative estimate of drug-likeness (QED) is 0.678. The SMILES string of the molecule is C[C@@H](C#CCN)Cc1ccccc1. The van der Waals surface area contributed by atoms with Crippen molar-refractivity contribution in [3.05, 3.63) is 35.9 Å². The molecular weight excluding hydrogens is 158 g/mol. The molecule has 0 heterocycles. The smallest absolute Gasteiger partial charge is 0.0551 e. The molecule has 0 aliphatic rings. The monoisotopic (exact) mass is 173 g/mol. The first-order valence-electron chi connectivity index (χ1n) is 4.55. The molecule has 0 fully saturated rings. The maximum Gasteiger partial charge on any atom is 0.0551 e. The summed E-state index contributed by atoms with van der Waals surface area (Å²) in [6.07, 6.45) is 1.01. The van der Waals surface area contributed by atoms with Crippen molar-refractivity contribution in [3.8, 4) is 11.8 Å². The van der Waals surface area contributed by atoms with E-state index in [2.05, 4.69) is 43.0 Å². The fourth-order valence-electron chi connectivity index (χ4n) is 1.25. The highest BCUT2D eigenvalue weighted by molar-refractivity contribution is 5.17. The number of hydrogen-bond acceptors (Lipinski definition) is 1. The summed E-state index contributed by atoms with van der Waals surface area (Å²) in [5, 5.41) is 0. The molecule has 1 aromatic rings. The predicted octanol–water partition coefficient (Wildman–Crippen LogP) is 1.83. The van der Waals surface area contributed by atoms with Crippen molar-refractivity contribution in [1.82, 2.24) is 0 Å². The molecule has 0 spiro atoms. The Labute approximate surface area is 80.0 Å². The Kier molecular flexibility index (Phi) is 4.08. The van der Waals surface area contributed by atoms with E-state index in [4.69, 9.17) is 5.73 Å². The van der Waals surface area contributed by atoms with Crippen LogP contribution in [0.15, 0.2) is 30.3 Å². The Morgan fingerprint density at radius 1 is 1.31 bits per heavy atom.